The van der Waals surface area contributed by atoms with Gasteiger partial charge in [-0.2, -0.15) is 4.31 Å². The third-order valence-electron chi connectivity index (χ3n) is 4.54. The normalized spacial score (nSPS) is 15.2. The summed E-state index contributed by atoms with van der Waals surface area (Å²) in [5, 5.41) is 2.61. The first kappa shape index (κ1) is 22.3. The number of carbonyl (C=O) groups excluding carboxylic acids is 2. The lowest BCUT2D eigenvalue weighted by Gasteiger charge is -2.26. The molecule has 0 atom stereocenters. The summed E-state index contributed by atoms with van der Waals surface area (Å²) in [6.07, 6.45) is 3.34. The number of sulfonamides is 1. The zero-order valence-corrected chi connectivity index (χ0v) is 17.2. The Labute approximate surface area is 166 Å². The summed E-state index contributed by atoms with van der Waals surface area (Å²) >= 11 is 0. The van der Waals surface area contributed by atoms with Crippen LogP contribution >= 0.6 is 0 Å². The van der Waals surface area contributed by atoms with Gasteiger partial charge in [0.25, 0.3) is 5.91 Å². The summed E-state index contributed by atoms with van der Waals surface area (Å²) in [6, 6.07) is 4.42. The standard InChI is InChI=1S/C19H28N2O6S/c1-15-7-8-16(19(23)27-14-18(22)20-9-6-12-26-2)13-17(15)28(24,25)21-10-4-3-5-11-21/h7-8,13H,3-6,9-12,14H2,1-2H3,(H,20,22). The van der Waals surface area contributed by atoms with E-state index in [1.165, 1.54) is 16.4 Å². The van der Waals surface area contributed by atoms with Gasteiger partial charge in [0.2, 0.25) is 10.0 Å². The molecule has 8 nitrogen and oxygen atoms in total. The third kappa shape index (κ3) is 6.02. The Morgan fingerprint density at radius 2 is 1.89 bits per heavy atom. The van der Waals surface area contributed by atoms with Crippen LogP contribution in [-0.2, 0) is 24.3 Å². The number of rotatable bonds is 9. The van der Waals surface area contributed by atoms with E-state index in [0.29, 0.717) is 38.2 Å². The van der Waals surface area contributed by atoms with E-state index in [1.807, 2.05) is 0 Å². The van der Waals surface area contributed by atoms with E-state index in [0.717, 1.165) is 19.3 Å². The van der Waals surface area contributed by atoms with Gasteiger partial charge in [-0.25, -0.2) is 13.2 Å². The molecule has 0 unspecified atom stereocenters. The second kappa shape index (κ2) is 10.5. The molecule has 9 heteroatoms. The molecule has 1 heterocycles. The fraction of sp³-hybridized carbons (Fsp3) is 0.579. The molecule has 1 amide bonds. The number of carbonyl (C=O) groups is 2. The van der Waals surface area contributed by atoms with Crippen LogP contribution in [0.25, 0.3) is 0 Å². The minimum atomic E-state index is -3.66. The zero-order chi connectivity index (χ0) is 20.6. The molecule has 1 fully saturated rings. The molecular weight excluding hydrogens is 384 g/mol. The van der Waals surface area contributed by atoms with Crippen molar-refractivity contribution in [3.05, 3.63) is 29.3 Å². The summed E-state index contributed by atoms with van der Waals surface area (Å²) in [4.78, 5) is 24.1. The molecule has 1 aromatic rings. The first-order valence-electron chi connectivity index (χ1n) is 9.40. The summed E-state index contributed by atoms with van der Waals surface area (Å²) < 4.78 is 37.2. The summed E-state index contributed by atoms with van der Waals surface area (Å²) in [6.45, 7) is 3.19. The van der Waals surface area contributed by atoms with Crippen LogP contribution in [0.1, 0.15) is 41.6 Å². The highest BCUT2D eigenvalue weighted by Crippen LogP contribution is 2.24. The van der Waals surface area contributed by atoms with Crippen LogP contribution < -0.4 is 5.32 Å². The first-order chi connectivity index (χ1) is 13.4. The molecule has 0 bridgehead atoms. The van der Waals surface area contributed by atoms with Crippen molar-refractivity contribution in [2.75, 3.05) is 40.0 Å². The van der Waals surface area contributed by atoms with Gasteiger partial charge >= 0.3 is 5.97 Å². The van der Waals surface area contributed by atoms with Crippen LogP contribution in [0.4, 0.5) is 0 Å². The number of benzene rings is 1. The molecule has 1 N–H and O–H groups in total. The predicted molar refractivity (Wildman–Crippen MR) is 104 cm³/mol. The van der Waals surface area contributed by atoms with Gasteiger partial charge in [0.05, 0.1) is 10.5 Å². The number of hydrogen-bond acceptors (Lipinski definition) is 6. The van der Waals surface area contributed by atoms with Crippen LogP contribution in [0.2, 0.25) is 0 Å². The van der Waals surface area contributed by atoms with Gasteiger partial charge < -0.3 is 14.8 Å². The Bertz CT molecular complexity index is 788. The summed E-state index contributed by atoms with van der Waals surface area (Å²) in [5.41, 5.74) is 0.673. The highest BCUT2D eigenvalue weighted by Gasteiger charge is 2.28. The smallest absolute Gasteiger partial charge is 0.338 e. The molecule has 0 saturated carbocycles. The van der Waals surface area contributed by atoms with Crippen molar-refractivity contribution in [3.63, 3.8) is 0 Å². The molecule has 2 rings (SSSR count). The van der Waals surface area contributed by atoms with Crippen LogP contribution in [0.5, 0.6) is 0 Å². The lowest BCUT2D eigenvalue weighted by Crippen LogP contribution is -2.36. The second-order valence-corrected chi connectivity index (χ2v) is 8.62. The maximum Gasteiger partial charge on any atom is 0.338 e. The van der Waals surface area contributed by atoms with Gasteiger partial charge in [-0.15, -0.1) is 0 Å². The molecule has 1 aromatic carbocycles. The van der Waals surface area contributed by atoms with Gasteiger partial charge in [-0.1, -0.05) is 12.5 Å². The van der Waals surface area contributed by atoms with E-state index in [-0.39, 0.29) is 10.5 Å². The van der Waals surface area contributed by atoms with E-state index in [1.54, 1.807) is 20.1 Å². The number of aryl methyl sites for hydroxylation is 1. The molecule has 0 aromatic heterocycles. The molecule has 0 radical (unpaired) electrons. The molecule has 28 heavy (non-hydrogen) atoms. The van der Waals surface area contributed by atoms with Gasteiger partial charge in [0.1, 0.15) is 0 Å². The largest absolute Gasteiger partial charge is 0.452 e. The number of piperidine rings is 1. The number of hydrogen-bond donors (Lipinski definition) is 1. The van der Waals surface area contributed by atoms with Crippen molar-refractivity contribution in [1.82, 2.24) is 9.62 Å². The van der Waals surface area contributed by atoms with Crippen LogP contribution in [-0.4, -0.2) is 64.6 Å². The van der Waals surface area contributed by atoms with Crippen molar-refractivity contribution in [2.45, 2.75) is 37.5 Å². The third-order valence-corrected chi connectivity index (χ3v) is 6.58. The molecule has 1 aliphatic rings. The minimum absolute atomic E-state index is 0.105. The Hall–Kier alpha value is -1.97. The molecule has 1 aliphatic heterocycles. The van der Waals surface area contributed by atoms with E-state index < -0.39 is 28.5 Å². The summed E-state index contributed by atoms with van der Waals surface area (Å²) in [5.74, 6) is -1.15. The number of nitrogens with one attached hydrogen (secondary N) is 1. The highest BCUT2D eigenvalue weighted by atomic mass is 32.2. The number of methoxy groups -OCH3 is 1. The van der Waals surface area contributed by atoms with Gasteiger partial charge in [0, 0.05) is 33.4 Å². The van der Waals surface area contributed by atoms with Crippen molar-refractivity contribution in [3.8, 4) is 0 Å². The second-order valence-electron chi connectivity index (χ2n) is 6.72. The van der Waals surface area contributed by atoms with E-state index in [9.17, 15) is 18.0 Å². The Morgan fingerprint density at radius 3 is 2.57 bits per heavy atom. The highest BCUT2D eigenvalue weighted by molar-refractivity contribution is 7.89. The van der Waals surface area contributed by atoms with Gasteiger partial charge in [0.15, 0.2) is 6.61 Å². The fourth-order valence-corrected chi connectivity index (χ4v) is 4.73. The molecule has 0 spiro atoms. The fourth-order valence-electron chi connectivity index (χ4n) is 2.96. The van der Waals surface area contributed by atoms with Crippen molar-refractivity contribution >= 4 is 21.9 Å². The number of ether oxygens (including phenoxy) is 2. The van der Waals surface area contributed by atoms with Crippen molar-refractivity contribution in [1.29, 1.82) is 0 Å². The minimum Gasteiger partial charge on any atom is -0.452 e. The number of amides is 1. The molecular formula is C19H28N2O6S. The van der Waals surface area contributed by atoms with Crippen LogP contribution in [0.3, 0.4) is 0 Å². The van der Waals surface area contributed by atoms with Crippen molar-refractivity contribution < 1.29 is 27.5 Å². The van der Waals surface area contributed by atoms with Gasteiger partial charge in [-0.05, 0) is 43.9 Å². The zero-order valence-electron chi connectivity index (χ0n) is 16.4. The molecule has 156 valence electrons. The lowest BCUT2D eigenvalue weighted by molar-refractivity contribution is -0.124. The Balaban J connectivity index is 2.01. The SMILES string of the molecule is COCCCNC(=O)COC(=O)c1ccc(C)c(S(=O)(=O)N2CCCCC2)c1. The lowest BCUT2D eigenvalue weighted by atomic mass is 10.1. The monoisotopic (exact) mass is 412 g/mol. The maximum absolute atomic E-state index is 12.9. The van der Waals surface area contributed by atoms with E-state index >= 15 is 0 Å². The van der Waals surface area contributed by atoms with E-state index in [2.05, 4.69) is 5.32 Å². The van der Waals surface area contributed by atoms with Gasteiger partial charge in [-0.3, -0.25) is 4.79 Å². The maximum atomic E-state index is 12.9. The van der Waals surface area contributed by atoms with Crippen molar-refractivity contribution in [2.24, 2.45) is 0 Å². The average Bonchev–Trinajstić information content (AvgIpc) is 2.70. The first-order valence-corrected chi connectivity index (χ1v) is 10.8. The Morgan fingerprint density at radius 1 is 1.18 bits per heavy atom. The molecule has 1 saturated heterocycles. The molecule has 0 aliphatic carbocycles. The predicted octanol–water partition coefficient (Wildman–Crippen LogP) is 1.48. The number of nitrogens with zero attached hydrogens (tertiary/aromatic N) is 1. The van der Waals surface area contributed by atoms with Crippen LogP contribution in [0, 0.1) is 6.92 Å². The average molecular weight is 413 g/mol. The Kier molecular flexibility index (Phi) is 8.40. The summed E-state index contributed by atoms with van der Waals surface area (Å²) in [7, 11) is -2.09. The quantitative estimate of drug-likeness (QED) is 0.487. The van der Waals surface area contributed by atoms with E-state index in [4.69, 9.17) is 9.47 Å². The number of esters is 1. The van der Waals surface area contributed by atoms with Crippen LogP contribution in [0.15, 0.2) is 23.1 Å². The topological polar surface area (TPSA) is 102 Å².